The van der Waals surface area contributed by atoms with Gasteiger partial charge in [-0.15, -0.1) is 0 Å². The molecule has 23 heavy (non-hydrogen) atoms. The summed E-state index contributed by atoms with van der Waals surface area (Å²) in [5, 5.41) is 0.105. The normalized spacial score (nSPS) is 12.7. The van der Waals surface area contributed by atoms with Crippen LogP contribution in [0.4, 0.5) is 0 Å². The van der Waals surface area contributed by atoms with E-state index in [2.05, 4.69) is 4.98 Å². The number of hydrogen-bond donors (Lipinski definition) is 0. The van der Waals surface area contributed by atoms with Crippen molar-refractivity contribution in [2.24, 2.45) is 0 Å². The van der Waals surface area contributed by atoms with Gasteiger partial charge in [0.15, 0.2) is 9.84 Å². The van der Waals surface area contributed by atoms with Crippen LogP contribution >= 0.6 is 11.6 Å². The molecule has 0 saturated heterocycles. The first-order chi connectivity index (χ1) is 10.7. The fourth-order valence-electron chi connectivity index (χ4n) is 2.17. The van der Waals surface area contributed by atoms with E-state index in [1.54, 1.807) is 24.3 Å². The zero-order valence-corrected chi connectivity index (χ0v) is 14.6. The highest BCUT2D eigenvalue weighted by Crippen LogP contribution is 2.25. The van der Waals surface area contributed by atoms with Crippen LogP contribution in [0.25, 0.3) is 0 Å². The average molecular weight is 353 g/mol. The molecule has 0 fully saturated rings. The lowest BCUT2D eigenvalue weighted by Crippen LogP contribution is -2.29. The predicted molar refractivity (Wildman–Crippen MR) is 89.3 cm³/mol. The third-order valence-electron chi connectivity index (χ3n) is 3.67. The van der Waals surface area contributed by atoms with Gasteiger partial charge in [0, 0.05) is 31.3 Å². The number of rotatable bonds is 4. The van der Waals surface area contributed by atoms with E-state index in [0.29, 0.717) is 0 Å². The molecule has 1 atom stereocenters. The second-order valence-electron chi connectivity index (χ2n) is 5.29. The van der Waals surface area contributed by atoms with E-state index in [-0.39, 0.29) is 27.4 Å². The van der Waals surface area contributed by atoms with Gasteiger partial charge in [-0.25, -0.2) is 8.42 Å². The molecule has 0 aliphatic rings. The molecule has 0 saturated carbocycles. The van der Waals surface area contributed by atoms with Crippen molar-refractivity contribution in [1.29, 1.82) is 0 Å². The van der Waals surface area contributed by atoms with Crippen molar-refractivity contribution in [2.45, 2.75) is 17.9 Å². The van der Waals surface area contributed by atoms with Gasteiger partial charge in [-0.3, -0.25) is 9.78 Å². The lowest BCUT2D eigenvalue weighted by atomic mass is 10.1. The van der Waals surface area contributed by atoms with E-state index < -0.39 is 9.84 Å². The Bertz CT molecular complexity index is 822. The monoisotopic (exact) mass is 352 g/mol. The first kappa shape index (κ1) is 17.4. The second kappa shape index (κ2) is 6.68. The van der Waals surface area contributed by atoms with E-state index in [1.807, 2.05) is 19.1 Å². The molecule has 1 amide bonds. The van der Waals surface area contributed by atoms with Gasteiger partial charge < -0.3 is 4.90 Å². The molecule has 0 aliphatic carbocycles. The van der Waals surface area contributed by atoms with Crippen molar-refractivity contribution >= 4 is 27.3 Å². The van der Waals surface area contributed by atoms with Crippen LogP contribution in [0.3, 0.4) is 0 Å². The fourth-order valence-corrected chi connectivity index (χ4v) is 3.47. The average Bonchev–Trinajstić information content (AvgIpc) is 2.53. The lowest BCUT2D eigenvalue weighted by molar-refractivity contribution is 0.0742. The van der Waals surface area contributed by atoms with E-state index in [9.17, 15) is 13.2 Å². The summed E-state index contributed by atoms with van der Waals surface area (Å²) in [6.07, 6.45) is 4.38. The molecular weight excluding hydrogens is 336 g/mol. The molecule has 1 heterocycles. The molecule has 0 spiro atoms. The predicted octanol–water partition coefficient (Wildman–Crippen LogP) is 2.97. The number of carbonyl (C=O) groups is 1. The first-order valence-electron chi connectivity index (χ1n) is 6.88. The molecule has 1 unspecified atom stereocenters. The molecule has 0 N–H and O–H groups in total. The molecule has 0 aliphatic heterocycles. The Kier molecular flexibility index (Phi) is 5.06. The van der Waals surface area contributed by atoms with Crippen LogP contribution in [0.15, 0.2) is 47.6 Å². The second-order valence-corrected chi connectivity index (χ2v) is 7.68. The van der Waals surface area contributed by atoms with E-state index >= 15 is 0 Å². The SMILES string of the molecule is CC(c1ccncc1)N(C)C(=O)c1ccc(Cl)c(S(C)(=O)=O)c1. The number of pyridine rings is 1. The number of sulfone groups is 1. The Morgan fingerprint density at radius 1 is 1.22 bits per heavy atom. The van der Waals surface area contributed by atoms with E-state index in [0.717, 1.165) is 11.8 Å². The lowest BCUT2D eigenvalue weighted by Gasteiger charge is -2.25. The standard InChI is InChI=1S/C16H17ClN2O3S/c1-11(12-6-8-18-9-7-12)19(2)16(20)13-4-5-14(17)15(10-13)23(3,21)22/h4-11H,1-3H3. The first-order valence-corrected chi connectivity index (χ1v) is 9.15. The van der Waals surface area contributed by atoms with Gasteiger partial charge in [-0.2, -0.15) is 0 Å². The molecule has 0 radical (unpaired) electrons. The number of benzene rings is 1. The van der Waals surface area contributed by atoms with Gasteiger partial charge in [-0.1, -0.05) is 11.6 Å². The summed E-state index contributed by atoms with van der Waals surface area (Å²) >= 11 is 5.91. The highest BCUT2D eigenvalue weighted by Gasteiger charge is 2.21. The number of aromatic nitrogens is 1. The Morgan fingerprint density at radius 2 is 1.83 bits per heavy atom. The third kappa shape index (κ3) is 3.89. The molecule has 0 bridgehead atoms. The van der Waals surface area contributed by atoms with Gasteiger partial charge in [0.05, 0.1) is 16.0 Å². The molecule has 7 heteroatoms. The highest BCUT2D eigenvalue weighted by atomic mass is 35.5. The molecule has 122 valence electrons. The van der Waals surface area contributed by atoms with Crippen LogP contribution in [0.2, 0.25) is 5.02 Å². The van der Waals surface area contributed by atoms with Crippen molar-refractivity contribution in [1.82, 2.24) is 9.88 Å². The molecule has 1 aromatic heterocycles. The van der Waals surface area contributed by atoms with Crippen molar-refractivity contribution in [3.63, 3.8) is 0 Å². The summed E-state index contributed by atoms with van der Waals surface area (Å²) in [6, 6.07) is 7.75. The molecule has 2 rings (SSSR count). The van der Waals surface area contributed by atoms with Crippen LogP contribution in [0.1, 0.15) is 28.9 Å². The van der Waals surface area contributed by atoms with Gasteiger partial charge in [0.2, 0.25) is 0 Å². The van der Waals surface area contributed by atoms with Gasteiger partial charge in [-0.05, 0) is 42.8 Å². The third-order valence-corrected chi connectivity index (χ3v) is 5.25. The van der Waals surface area contributed by atoms with Gasteiger partial charge in [0.25, 0.3) is 5.91 Å². The van der Waals surface area contributed by atoms with Gasteiger partial charge >= 0.3 is 0 Å². The summed E-state index contributed by atoms with van der Waals surface area (Å²) < 4.78 is 23.5. The molecule has 1 aromatic carbocycles. The minimum Gasteiger partial charge on any atom is -0.335 e. The molecular formula is C16H17ClN2O3S. The largest absolute Gasteiger partial charge is 0.335 e. The van der Waals surface area contributed by atoms with Crippen molar-refractivity contribution < 1.29 is 13.2 Å². The smallest absolute Gasteiger partial charge is 0.254 e. The quantitative estimate of drug-likeness (QED) is 0.848. The van der Waals surface area contributed by atoms with Crippen LogP contribution in [-0.4, -0.2) is 37.5 Å². The van der Waals surface area contributed by atoms with Crippen molar-refractivity contribution in [3.8, 4) is 0 Å². The topological polar surface area (TPSA) is 67.3 Å². The van der Waals surface area contributed by atoms with Crippen LogP contribution in [0, 0.1) is 0 Å². The summed E-state index contributed by atoms with van der Waals surface area (Å²) in [4.78, 5) is 18.1. The molecule has 5 nitrogen and oxygen atoms in total. The molecule has 2 aromatic rings. The van der Waals surface area contributed by atoms with Gasteiger partial charge in [0.1, 0.15) is 0 Å². The number of nitrogens with zero attached hydrogens (tertiary/aromatic N) is 2. The minimum absolute atomic E-state index is 0.0463. The Morgan fingerprint density at radius 3 is 2.39 bits per heavy atom. The zero-order valence-electron chi connectivity index (χ0n) is 13.0. The number of hydrogen-bond acceptors (Lipinski definition) is 4. The highest BCUT2D eigenvalue weighted by molar-refractivity contribution is 7.90. The van der Waals surface area contributed by atoms with Crippen molar-refractivity contribution in [2.75, 3.05) is 13.3 Å². The van der Waals surface area contributed by atoms with Crippen LogP contribution in [-0.2, 0) is 9.84 Å². The number of carbonyl (C=O) groups excluding carboxylic acids is 1. The van der Waals surface area contributed by atoms with Crippen LogP contribution < -0.4 is 0 Å². The summed E-state index contributed by atoms with van der Waals surface area (Å²) in [5.41, 5.74) is 1.21. The Labute approximate surface area is 140 Å². The van der Waals surface area contributed by atoms with E-state index in [1.165, 1.54) is 18.2 Å². The number of amides is 1. The minimum atomic E-state index is -3.50. The maximum Gasteiger partial charge on any atom is 0.254 e. The Hall–Kier alpha value is -1.92. The maximum atomic E-state index is 12.6. The Balaban J connectivity index is 2.34. The zero-order chi connectivity index (χ0) is 17.2. The van der Waals surface area contributed by atoms with E-state index in [4.69, 9.17) is 11.6 Å². The summed E-state index contributed by atoms with van der Waals surface area (Å²) in [6.45, 7) is 1.89. The van der Waals surface area contributed by atoms with Crippen molar-refractivity contribution in [3.05, 3.63) is 58.9 Å². The number of halogens is 1. The summed E-state index contributed by atoms with van der Waals surface area (Å²) in [7, 11) is -1.83. The summed E-state index contributed by atoms with van der Waals surface area (Å²) in [5.74, 6) is -0.282. The van der Waals surface area contributed by atoms with Crippen LogP contribution in [0.5, 0.6) is 0 Å². The fraction of sp³-hybridized carbons (Fsp3) is 0.250. The maximum absolute atomic E-state index is 12.6.